The topological polar surface area (TPSA) is 183 Å². The fourth-order valence-corrected chi connectivity index (χ4v) is 13.1. The van der Waals surface area contributed by atoms with Gasteiger partial charge in [0, 0.05) is 66.2 Å². The average molecular weight is 1520 g/mol. The van der Waals surface area contributed by atoms with E-state index in [4.69, 9.17) is 19.3 Å². The quantitative estimate of drug-likeness (QED) is 0.0475. The molecule has 19 heteroatoms. The van der Waals surface area contributed by atoms with Gasteiger partial charge in [-0.05, 0) is 154 Å². The van der Waals surface area contributed by atoms with Gasteiger partial charge in [-0.3, -0.25) is 24.0 Å². The van der Waals surface area contributed by atoms with Gasteiger partial charge in [0.2, 0.25) is 12.2 Å². The standard InChI is InChI=1S/C28H30FNO3.C27H26FNO3.C19H20FNO2.C8H8O2.C4H8O.CH3.BrH.Mg/c1-19-14-16-20(17-15-19)26(33-25-13-7-5-10-22(25)28(2,3)32)27(31)30-18-8-12-24(30)21-9-4-6-11-23(21)29;1-18-13-15-20(16-14-18)26(32-25-12-6-4-8-21(25)19(2)30)27(31)29-17-7-11-24(29)22-9-3-5-10-23(22)28;1-13-8-10-14(11-9-13)18(22)19(23)21-12-4-7-17(21)15-5-2-3-6-16(15)20;1-6(9)7-4-2-3-5-8(7)10;1-2-4-5-3-1;;;/h4-7,9-11,13-17,24,26,32H,8,12,18H2,1-3H3;3-6,8-10,12-16,24,26H,7,11,17H2,1-2H3;2-3,5-6,8-11,17-18,22H,4,7,12H2,1H3;2-5,10H,1H3;1-4H2;1H3;1H;/q;;;;;-1;;+2/p-1. The molecule has 554 valence electrons. The number of ketones is 2. The van der Waals surface area contributed by atoms with E-state index < -0.39 is 23.9 Å². The number of amides is 3. The molecule has 14 nitrogen and oxygen atoms in total. The molecule has 3 N–H and O–H groups in total. The SMILES string of the molecule is C1CCOC1.CC(=O)c1ccccc1O.CC(=O)c1ccccc1OC(C(=O)N1CCCC1c1ccccc1F)c1ccc(C)cc1.Cc1ccc(C(O)C(=O)N2CCCC2c2ccccc2F)cc1.Cc1ccc(C(Oc2ccccc2C(C)(C)O)C(=O)N2CCCC2c2ccccc2F)cc1.[Br-].[CH3-].[Mg+2]. The fourth-order valence-electron chi connectivity index (χ4n) is 13.1. The van der Waals surface area contributed by atoms with Gasteiger partial charge in [-0.25, -0.2) is 13.2 Å². The number of phenolic OH excluding ortho intramolecular Hbond substituents is 1. The number of carbonyl (C=O) groups excluding carboxylic acids is 5. The van der Waals surface area contributed by atoms with E-state index in [1.54, 1.807) is 150 Å². The minimum atomic E-state index is -1.21. The summed E-state index contributed by atoms with van der Waals surface area (Å²) in [5.41, 5.74) is 7.02. The largest absolute Gasteiger partial charge is 2.00 e. The van der Waals surface area contributed by atoms with E-state index in [1.165, 1.54) is 51.0 Å². The second kappa shape index (κ2) is 41.2. The van der Waals surface area contributed by atoms with Gasteiger partial charge in [-0.2, -0.15) is 0 Å². The van der Waals surface area contributed by atoms with E-state index in [-0.39, 0.29) is 118 Å². The van der Waals surface area contributed by atoms with Crippen molar-refractivity contribution in [2.45, 2.75) is 142 Å². The van der Waals surface area contributed by atoms with Crippen LogP contribution < -0.4 is 26.5 Å². The number of benzene rings is 9. The monoisotopic (exact) mass is 1520 g/mol. The number of aliphatic hydroxyl groups excluding tert-OH is 1. The predicted octanol–water partition coefficient (Wildman–Crippen LogP) is 14.7. The molecule has 4 fully saturated rings. The smallest absolute Gasteiger partial charge is 1.00 e. The Hall–Kier alpha value is -8.95. The third-order valence-corrected chi connectivity index (χ3v) is 18.6. The van der Waals surface area contributed by atoms with Crippen LogP contribution in [0.4, 0.5) is 13.2 Å². The van der Waals surface area contributed by atoms with Crippen LogP contribution in [0, 0.1) is 45.6 Å². The molecule has 0 aromatic heterocycles. The number of hydrogen-bond donors (Lipinski definition) is 3. The van der Waals surface area contributed by atoms with Gasteiger partial charge >= 0.3 is 23.1 Å². The van der Waals surface area contributed by atoms with Crippen molar-refractivity contribution in [3.63, 3.8) is 0 Å². The molecule has 106 heavy (non-hydrogen) atoms. The Morgan fingerprint density at radius 1 is 0.453 bits per heavy atom. The zero-order valence-electron chi connectivity index (χ0n) is 61.6. The molecular weight excluding hydrogens is 1420 g/mol. The van der Waals surface area contributed by atoms with Crippen LogP contribution in [-0.2, 0) is 24.7 Å². The van der Waals surface area contributed by atoms with Crippen LogP contribution in [-0.4, -0.2) is 115 Å². The molecular formula is C87H95BrF3MgN3O11. The summed E-state index contributed by atoms with van der Waals surface area (Å²) in [5.74, 6) is -1.12. The number of aryl methyl sites for hydroxylation is 3. The van der Waals surface area contributed by atoms with Gasteiger partial charge in [-0.15, -0.1) is 0 Å². The summed E-state index contributed by atoms with van der Waals surface area (Å²) in [6, 6.07) is 61.9. The van der Waals surface area contributed by atoms with Crippen LogP contribution in [0.2, 0.25) is 0 Å². The molecule has 9 aromatic rings. The number of ether oxygens (including phenoxy) is 3. The summed E-state index contributed by atoms with van der Waals surface area (Å²) in [6.07, 6.45) is 4.00. The van der Waals surface area contributed by atoms with Crippen molar-refractivity contribution in [3.8, 4) is 17.2 Å². The van der Waals surface area contributed by atoms with E-state index >= 15 is 0 Å². The first kappa shape index (κ1) is 86.0. The molecule has 3 amide bonds. The number of likely N-dealkylation sites (tertiary alicyclic amines) is 3. The number of Topliss-reactive ketones (excluding diaryl/α,β-unsaturated/α-hetero) is 2. The van der Waals surface area contributed by atoms with Crippen molar-refractivity contribution in [2.24, 2.45) is 0 Å². The molecule has 4 aliphatic heterocycles. The number of halogens is 4. The Morgan fingerprint density at radius 2 is 0.783 bits per heavy atom. The Kier molecular flexibility index (Phi) is 33.4. The number of aliphatic hydroxyl groups is 2. The molecule has 4 aliphatic rings. The van der Waals surface area contributed by atoms with Crippen molar-refractivity contribution >= 4 is 52.3 Å². The molecule has 9 aromatic carbocycles. The molecule has 6 atom stereocenters. The Bertz CT molecular complexity index is 4320. The third kappa shape index (κ3) is 22.8. The Balaban J connectivity index is 0.000000225. The van der Waals surface area contributed by atoms with Crippen LogP contribution in [0.25, 0.3) is 0 Å². The minimum absolute atomic E-state index is 0. The predicted molar refractivity (Wildman–Crippen MR) is 404 cm³/mol. The van der Waals surface area contributed by atoms with Crippen LogP contribution in [0.3, 0.4) is 0 Å². The van der Waals surface area contributed by atoms with Crippen LogP contribution >= 0.6 is 0 Å². The molecule has 4 heterocycles. The molecule has 13 rings (SSSR count). The summed E-state index contributed by atoms with van der Waals surface area (Å²) >= 11 is 0. The van der Waals surface area contributed by atoms with Crippen molar-refractivity contribution in [1.29, 1.82) is 0 Å². The first-order chi connectivity index (χ1) is 49.5. The van der Waals surface area contributed by atoms with Crippen molar-refractivity contribution in [2.75, 3.05) is 32.8 Å². The molecule has 0 aliphatic carbocycles. The van der Waals surface area contributed by atoms with E-state index in [2.05, 4.69) is 0 Å². The molecule has 0 bridgehead atoms. The molecule has 4 saturated heterocycles. The fraction of sp³-hybridized carbons (Fsp3) is 0.310. The number of aromatic hydroxyl groups is 1. The second-order valence-corrected chi connectivity index (χ2v) is 26.8. The van der Waals surface area contributed by atoms with Gasteiger partial charge in [0.05, 0.1) is 34.9 Å². The average Bonchev–Trinajstić information content (AvgIpc) is 1.48. The van der Waals surface area contributed by atoms with Crippen LogP contribution in [0.5, 0.6) is 17.2 Å². The van der Waals surface area contributed by atoms with Crippen molar-refractivity contribution in [1.82, 2.24) is 14.7 Å². The van der Waals surface area contributed by atoms with E-state index in [0.29, 0.717) is 94.9 Å². The van der Waals surface area contributed by atoms with Gasteiger partial charge in [0.15, 0.2) is 17.7 Å². The molecule has 0 radical (unpaired) electrons. The molecule has 6 unspecified atom stereocenters. The normalized spacial score (nSPS) is 16.5. The van der Waals surface area contributed by atoms with Gasteiger partial charge in [0.1, 0.15) is 34.7 Å². The van der Waals surface area contributed by atoms with E-state index in [9.17, 15) is 47.4 Å². The Labute approximate surface area is 648 Å². The Morgan fingerprint density at radius 3 is 1.14 bits per heavy atom. The summed E-state index contributed by atoms with van der Waals surface area (Å²) in [5, 5.41) is 30.1. The van der Waals surface area contributed by atoms with Gasteiger partial charge in [0.25, 0.3) is 17.7 Å². The molecule has 0 spiro atoms. The van der Waals surface area contributed by atoms with E-state index in [1.807, 2.05) is 93.6 Å². The third-order valence-electron chi connectivity index (χ3n) is 18.6. The number of rotatable bonds is 16. The first-order valence-corrected chi connectivity index (χ1v) is 35.1. The van der Waals surface area contributed by atoms with Crippen molar-refractivity contribution < 1.29 is 83.7 Å². The summed E-state index contributed by atoms with van der Waals surface area (Å²) < 4.78 is 60.7. The zero-order chi connectivity index (χ0) is 73.7. The van der Waals surface area contributed by atoms with Crippen LogP contribution in [0.1, 0.15) is 192 Å². The summed E-state index contributed by atoms with van der Waals surface area (Å²) in [4.78, 5) is 68.2. The number of hydrogen-bond acceptors (Lipinski definition) is 11. The zero-order valence-corrected chi connectivity index (χ0v) is 64.6. The number of phenols is 1. The second-order valence-electron chi connectivity index (χ2n) is 26.8. The first-order valence-electron chi connectivity index (χ1n) is 35.1. The molecule has 0 saturated carbocycles. The summed E-state index contributed by atoms with van der Waals surface area (Å²) in [6.45, 7) is 15.8. The maximum atomic E-state index is 14.6. The van der Waals surface area contributed by atoms with E-state index in [0.717, 1.165) is 54.7 Å². The number of carbonyl (C=O) groups is 5. The van der Waals surface area contributed by atoms with Crippen LogP contribution in [0.15, 0.2) is 218 Å². The van der Waals surface area contributed by atoms with Gasteiger partial charge in [-0.1, -0.05) is 187 Å². The van der Waals surface area contributed by atoms with Gasteiger partial charge < -0.3 is 68.6 Å². The summed E-state index contributed by atoms with van der Waals surface area (Å²) in [7, 11) is 0. The maximum Gasteiger partial charge on any atom is 2.00 e. The number of nitrogens with zero attached hydrogens (tertiary/aromatic N) is 3. The number of para-hydroxylation sites is 3. The maximum absolute atomic E-state index is 14.6. The minimum Gasteiger partial charge on any atom is -1.00 e. The van der Waals surface area contributed by atoms with Crippen molar-refractivity contribution in [3.05, 3.63) is 310 Å².